The Hall–Kier alpha value is -1.24. The summed E-state index contributed by atoms with van der Waals surface area (Å²) in [6, 6.07) is 4.80. The molecule has 1 aliphatic heterocycles. The monoisotopic (exact) mass is 339 g/mol. The van der Waals surface area contributed by atoms with E-state index in [1.54, 1.807) is 19.4 Å². The maximum atomic E-state index is 13.1. The molecule has 0 spiro atoms. The van der Waals surface area contributed by atoms with Crippen LogP contribution in [0.4, 0.5) is 4.39 Å². The Labute approximate surface area is 124 Å². The second-order valence-electron chi connectivity index (χ2n) is 4.86. The molecule has 4 nitrogen and oxygen atoms in total. The quantitative estimate of drug-likeness (QED) is 0.903. The summed E-state index contributed by atoms with van der Waals surface area (Å²) in [6.07, 6.45) is 2.90. The summed E-state index contributed by atoms with van der Waals surface area (Å²) >= 11 is 3.37. The van der Waals surface area contributed by atoms with Crippen LogP contribution in [0, 0.1) is 5.82 Å². The van der Waals surface area contributed by atoms with E-state index in [9.17, 15) is 4.39 Å². The third-order valence-electron chi connectivity index (χ3n) is 3.57. The first-order valence-corrected chi connectivity index (χ1v) is 7.23. The lowest BCUT2D eigenvalue weighted by Gasteiger charge is -2.07. The largest absolute Gasteiger partial charge is 0.380 e. The van der Waals surface area contributed by atoms with E-state index in [-0.39, 0.29) is 18.0 Å². The lowest BCUT2D eigenvalue weighted by atomic mass is 10.1. The van der Waals surface area contributed by atoms with Crippen molar-refractivity contribution in [2.45, 2.75) is 18.6 Å². The third-order valence-corrected chi connectivity index (χ3v) is 4.23. The van der Waals surface area contributed by atoms with Crippen LogP contribution in [-0.2, 0) is 4.74 Å². The summed E-state index contributed by atoms with van der Waals surface area (Å²) in [6.45, 7) is 0.831. The van der Waals surface area contributed by atoms with Crippen LogP contribution in [0.25, 0.3) is 11.3 Å². The highest BCUT2D eigenvalue weighted by Crippen LogP contribution is 2.30. The van der Waals surface area contributed by atoms with E-state index in [1.165, 1.54) is 12.1 Å². The zero-order valence-corrected chi connectivity index (χ0v) is 12.6. The van der Waals surface area contributed by atoms with Gasteiger partial charge in [0.15, 0.2) is 0 Å². The first-order chi connectivity index (χ1) is 9.67. The van der Waals surface area contributed by atoms with E-state index >= 15 is 0 Å². The molecule has 20 heavy (non-hydrogen) atoms. The number of ether oxygens (including phenoxy) is 1. The number of H-pyrrole nitrogens is 1. The molecule has 0 saturated carbocycles. The van der Waals surface area contributed by atoms with Crippen LogP contribution in [0.15, 0.2) is 28.9 Å². The summed E-state index contributed by atoms with van der Waals surface area (Å²) in [5.74, 6) is 0.622. The van der Waals surface area contributed by atoms with Gasteiger partial charge in [0.1, 0.15) is 11.6 Å². The van der Waals surface area contributed by atoms with Crippen molar-refractivity contribution >= 4 is 15.9 Å². The Morgan fingerprint density at radius 2 is 2.30 bits per heavy atom. The molecule has 0 amide bonds. The Morgan fingerprint density at radius 3 is 3.00 bits per heavy atom. The van der Waals surface area contributed by atoms with Crippen molar-refractivity contribution in [3.63, 3.8) is 0 Å². The molecule has 2 N–H and O–H groups in total. The number of benzene rings is 1. The molecule has 2 aromatic rings. The predicted octanol–water partition coefficient (Wildman–Crippen LogP) is 3.03. The second-order valence-corrected chi connectivity index (χ2v) is 5.71. The molecule has 1 saturated heterocycles. The first kappa shape index (κ1) is 13.7. The molecule has 0 radical (unpaired) electrons. The molecule has 1 aromatic heterocycles. The summed E-state index contributed by atoms with van der Waals surface area (Å²) in [7, 11) is 1.72. The summed E-state index contributed by atoms with van der Waals surface area (Å²) in [5.41, 5.74) is 1.76. The van der Waals surface area contributed by atoms with Gasteiger partial charge in [-0.15, -0.1) is 0 Å². The molecule has 1 fully saturated rings. The van der Waals surface area contributed by atoms with Crippen LogP contribution >= 0.6 is 15.9 Å². The van der Waals surface area contributed by atoms with Crippen LogP contribution < -0.4 is 5.32 Å². The highest BCUT2D eigenvalue weighted by Gasteiger charge is 2.27. The van der Waals surface area contributed by atoms with Gasteiger partial charge in [-0.05, 0) is 40.5 Å². The Kier molecular flexibility index (Phi) is 3.87. The number of imidazole rings is 1. The lowest BCUT2D eigenvalue weighted by Crippen LogP contribution is -2.16. The number of halogens is 2. The van der Waals surface area contributed by atoms with Gasteiger partial charge in [-0.1, -0.05) is 0 Å². The maximum absolute atomic E-state index is 13.1. The minimum atomic E-state index is -0.263. The highest BCUT2D eigenvalue weighted by molar-refractivity contribution is 9.10. The SMILES string of the molecule is COC1CNC(c2ncc(-c3ccc(F)cc3Br)[nH]2)C1. The average Bonchev–Trinajstić information content (AvgIpc) is 3.07. The van der Waals surface area contributed by atoms with E-state index < -0.39 is 0 Å². The van der Waals surface area contributed by atoms with Crippen molar-refractivity contribution in [1.29, 1.82) is 0 Å². The number of hydrogen-bond acceptors (Lipinski definition) is 3. The zero-order chi connectivity index (χ0) is 14.1. The number of rotatable bonds is 3. The summed E-state index contributed by atoms with van der Waals surface area (Å²) in [4.78, 5) is 7.71. The van der Waals surface area contributed by atoms with E-state index in [0.717, 1.165) is 30.0 Å². The number of nitrogens with one attached hydrogen (secondary N) is 2. The lowest BCUT2D eigenvalue weighted by molar-refractivity contribution is 0.117. The molecule has 2 atom stereocenters. The molecule has 0 aliphatic carbocycles. The van der Waals surface area contributed by atoms with Crippen molar-refractivity contribution in [2.75, 3.05) is 13.7 Å². The van der Waals surface area contributed by atoms with E-state index in [1.807, 2.05) is 0 Å². The molecule has 2 heterocycles. The maximum Gasteiger partial charge on any atom is 0.124 e. The molecule has 1 aromatic carbocycles. The molecule has 106 valence electrons. The fraction of sp³-hybridized carbons (Fsp3) is 0.357. The van der Waals surface area contributed by atoms with Gasteiger partial charge in [-0.25, -0.2) is 9.37 Å². The van der Waals surface area contributed by atoms with Gasteiger partial charge in [-0.2, -0.15) is 0 Å². The van der Waals surface area contributed by atoms with Gasteiger partial charge in [-0.3, -0.25) is 0 Å². The van der Waals surface area contributed by atoms with Gasteiger partial charge >= 0.3 is 0 Å². The Balaban J connectivity index is 1.83. The second kappa shape index (κ2) is 5.63. The zero-order valence-electron chi connectivity index (χ0n) is 11.0. The Bertz CT molecular complexity index is 616. The van der Waals surface area contributed by atoms with Gasteiger partial charge in [0.25, 0.3) is 0 Å². The molecule has 6 heteroatoms. The molecular formula is C14H15BrFN3O. The van der Waals surface area contributed by atoms with Crippen molar-refractivity contribution in [2.24, 2.45) is 0 Å². The van der Waals surface area contributed by atoms with Crippen molar-refractivity contribution in [1.82, 2.24) is 15.3 Å². The Morgan fingerprint density at radius 1 is 1.45 bits per heavy atom. The predicted molar refractivity (Wildman–Crippen MR) is 77.8 cm³/mol. The van der Waals surface area contributed by atoms with Crippen molar-refractivity contribution in [3.05, 3.63) is 40.5 Å². The first-order valence-electron chi connectivity index (χ1n) is 6.44. The van der Waals surface area contributed by atoms with Crippen LogP contribution in [-0.4, -0.2) is 29.7 Å². The molecule has 3 rings (SSSR count). The topological polar surface area (TPSA) is 49.9 Å². The number of aromatic nitrogens is 2. The smallest absolute Gasteiger partial charge is 0.124 e. The van der Waals surface area contributed by atoms with Crippen LogP contribution in [0.2, 0.25) is 0 Å². The standard InChI is InChI=1S/C14H15BrFN3O/c1-20-9-5-12(17-6-9)14-18-7-13(19-14)10-3-2-8(16)4-11(10)15/h2-4,7,9,12,17H,5-6H2,1H3,(H,18,19). The van der Waals surface area contributed by atoms with Gasteiger partial charge in [0.05, 0.1) is 24.0 Å². The van der Waals surface area contributed by atoms with Crippen molar-refractivity contribution < 1.29 is 9.13 Å². The van der Waals surface area contributed by atoms with E-state index in [4.69, 9.17) is 4.74 Å². The number of hydrogen-bond donors (Lipinski definition) is 2. The van der Waals surface area contributed by atoms with Crippen molar-refractivity contribution in [3.8, 4) is 11.3 Å². The average molecular weight is 340 g/mol. The van der Waals surface area contributed by atoms with Crippen LogP contribution in [0.1, 0.15) is 18.3 Å². The normalized spacial score (nSPS) is 22.4. The minimum Gasteiger partial charge on any atom is -0.380 e. The molecule has 0 bridgehead atoms. The van der Waals surface area contributed by atoms with Gasteiger partial charge in [0.2, 0.25) is 0 Å². The number of methoxy groups -OCH3 is 1. The minimum absolute atomic E-state index is 0.174. The number of nitrogens with zero attached hydrogens (tertiary/aromatic N) is 1. The van der Waals surface area contributed by atoms with Crippen LogP contribution in [0.5, 0.6) is 0 Å². The fourth-order valence-corrected chi connectivity index (χ4v) is 3.01. The molecular weight excluding hydrogens is 325 g/mol. The third kappa shape index (κ3) is 2.63. The highest BCUT2D eigenvalue weighted by atomic mass is 79.9. The summed E-state index contributed by atoms with van der Waals surface area (Å²) in [5, 5.41) is 3.37. The molecule has 1 aliphatic rings. The van der Waals surface area contributed by atoms with E-state index in [0.29, 0.717) is 4.47 Å². The van der Waals surface area contributed by atoms with Gasteiger partial charge < -0.3 is 15.0 Å². The summed E-state index contributed by atoms with van der Waals surface area (Å²) < 4.78 is 19.2. The van der Waals surface area contributed by atoms with Gasteiger partial charge in [0, 0.05) is 23.7 Å². The van der Waals surface area contributed by atoms with E-state index in [2.05, 4.69) is 31.2 Å². The molecule has 2 unspecified atom stereocenters. The fourth-order valence-electron chi connectivity index (χ4n) is 2.45. The van der Waals surface area contributed by atoms with Crippen LogP contribution in [0.3, 0.4) is 0 Å². The number of aromatic amines is 1.